The Hall–Kier alpha value is -2.30. The summed E-state index contributed by atoms with van der Waals surface area (Å²) in [4.78, 5) is 0. The van der Waals surface area contributed by atoms with E-state index in [-0.39, 0.29) is 0 Å². The molecule has 0 N–H and O–H groups in total. The molecule has 0 fully saturated rings. The molecule has 0 aliphatic heterocycles. The smallest absolute Gasteiger partial charge is 0.179 e. The molecule has 0 radical (unpaired) electrons. The lowest BCUT2D eigenvalue weighted by molar-refractivity contribution is 0.593. The van der Waals surface area contributed by atoms with Gasteiger partial charge < -0.3 is 4.57 Å². The van der Waals surface area contributed by atoms with E-state index in [2.05, 4.69) is 12.3 Å². The van der Waals surface area contributed by atoms with Gasteiger partial charge in [0.05, 0.1) is 5.31 Å². The molecular formula is C21H16ClOP. The second-order valence-electron chi connectivity index (χ2n) is 5.29. The third-order valence-corrected chi connectivity index (χ3v) is 7.26. The van der Waals surface area contributed by atoms with Crippen LogP contribution in [0.15, 0.2) is 97.2 Å². The fourth-order valence-corrected chi connectivity index (χ4v) is 5.76. The van der Waals surface area contributed by atoms with Crippen LogP contribution in [-0.4, -0.2) is 0 Å². The molecule has 0 atom stereocenters. The van der Waals surface area contributed by atoms with Crippen LogP contribution in [0.3, 0.4) is 0 Å². The second-order valence-corrected chi connectivity index (χ2v) is 8.39. The quantitative estimate of drug-likeness (QED) is 0.450. The van der Waals surface area contributed by atoms with Crippen molar-refractivity contribution >= 4 is 34.7 Å². The van der Waals surface area contributed by atoms with Crippen LogP contribution in [0.1, 0.15) is 5.56 Å². The highest BCUT2D eigenvalue weighted by molar-refractivity contribution is 7.87. The molecule has 0 unspecified atom stereocenters. The SMILES string of the molecule is C=C=C(c1ccccc1Cl)P(=O)(c1ccccc1)c1ccccc1. The van der Waals surface area contributed by atoms with Crippen molar-refractivity contribution < 1.29 is 4.57 Å². The van der Waals surface area contributed by atoms with E-state index in [4.69, 9.17) is 11.6 Å². The predicted molar refractivity (Wildman–Crippen MR) is 104 cm³/mol. The Kier molecular flexibility index (Phi) is 4.88. The molecule has 3 aromatic carbocycles. The first-order valence-electron chi connectivity index (χ1n) is 7.54. The number of rotatable bonds is 4. The van der Waals surface area contributed by atoms with E-state index < -0.39 is 7.14 Å². The third-order valence-electron chi connectivity index (χ3n) is 3.85. The highest BCUT2D eigenvalue weighted by atomic mass is 35.5. The van der Waals surface area contributed by atoms with E-state index in [0.29, 0.717) is 15.9 Å². The monoisotopic (exact) mass is 350 g/mol. The normalized spacial score (nSPS) is 10.9. The van der Waals surface area contributed by atoms with Gasteiger partial charge >= 0.3 is 0 Å². The first kappa shape index (κ1) is 16.6. The minimum absolute atomic E-state index is 0.533. The van der Waals surface area contributed by atoms with Gasteiger partial charge in [-0.3, -0.25) is 0 Å². The highest BCUT2D eigenvalue weighted by Crippen LogP contribution is 2.57. The molecule has 118 valence electrons. The standard InChI is InChI=1S/C21H16ClOP/c1-2-21(19-15-9-10-16-20(19)22)24(23,17-11-5-3-6-12-17)18-13-7-4-8-14-18/h3-16H,1H2. The summed E-state index contributed by atoms with van der Waals surface area (Å²) in [5.41, 5.74) is 3.62. The fraction of sp³-hybridized carbons (Fsp3) is 0. The van der Waals surface area contributed by atoms with Gasteiger partial charge in [-0.05, 0) is 6.07 Å². The van der Waals surface area contributed by atoms with Gasteiger partial charge in [0.2, 0.25) is 0 Å². The molecule has 0 aromatic heterocycles. The maximum atomic E-state index is 14.3. The van der Waals surface area contributed by atoms with Crippen LogP contribution in [0.4, 0.5) is 0 Å². The van der Waals surface area contributed by atoms with Crippen LogP contribution in [0.2, 0.25) is 5.02 Å². The molecule has 0 heterocycles. The van der Waals surface area contributed by atoms with Crippen LogP contribution in [-0.2, 0) is 4.57 Å². The van der Waals surface area contributed by atoms with Gasteiger partial charge in [0, 0.05) is 21.2 Å². The Balaban J connectivity index is 2.33. The third kappa shape index (κ3) is 2.90. The first-order chi connectivity index (χ1) is 11.7. The van der Waals surface area contributed by atoms with Crippen molar-refractivity contribution in [1.29, 1.82) is 0 Å². The Morgan fingerprint density at radius 2 is 1.25 bits per heavy atom. The van der Waals surface area contributed by atoms with Gasteiger partial charge in [-0.1, -0.05) is 97.0 Å². The zero-order chi connectivity index (χ0) is 17.0. The lowest BCUT2D eigenvalue weighted by Gasteiger charge is -2.22. The van der Waals surface area contributed by atoms with Crippen molar-refractivity contribution in [3.63, 3.8) is 0 Å². The average molecular weight is 351 g/mol. The predicted octanol–water partition coefficient (Wildman–Crippen LogP) is 5.48. The largest absolute Gasteiger partial charge is 0.308 e. The minimum atomic E-state index is -3.12. The summed E-state index contributed by atoms with van der Waals surface area (Å²) in [5.74, 6) is 0. The average Bonchev–Trinajstić information content (AvgIpc) is 2.65. The van der Waals surface area contributed by atoms with E-state index >= 15 is 0 Å². The topological polar surface area (TPSA) is 17.1 Å². The van der Waals surface area contributed by atoms with Gasteiger partial charge in [0.25, 0.3) is 0 Å². The van der Waals surface area contributed by atoms with Crippen molar-refractivity contribution in [2.75, 3.05) is 0 Å². The summed E-state index contributed by atoms with van der Waals surface area (Å²) in [6, 6.07) is 26.2. The van der Waals surface area contributed by atoms with Crippen LogP contribution in [0, 0.1) is 0 Å². The minimum Gasteiger partial charge on any atom is -0.308 e. The molecule has 0 spiro atoms. The molecule has 24 heavy (non-hydrogen) atoms. The summed E-state index contributed by atoms with van der Waals surface area (Å²) in [5, 5.41) is 2.55. The summed E-state index contributed by atoms with van der Waals surface area (Å²) < 4.78 is 14.3. The Labute approximate surface area is 147 Å². The van der Waals surface area contributed by atoms with Gasteiger partial charge in [0.1, 0.15) is 0 Å². The maximum absolute atomic E-state index is 14.3. The van der Waals surface area contributed by atoms with Crippen molar-refractivity contribution in [1.82, 2.24) is 0 Å². The summed E-state index contributed by atoms with van der Waals surface area (Å²) >= 11 is 6.37. The molecule has 0 aliphatic carbocycles. The van der Waals surface area contributed by atoms with Gasteiger partial charge in [-0.25, -0.2) is 0 Å². The fourth-order valence-electron chi connectivity index (χ4n) is 2.71. The van der Waals surface area contributed by atoms with Crippen molar-refractivity contribution in [2.24, 2.45) is 0 Å². The van der Waals surface area contributed by atoms with E-state index in [9.17, 15) is 4.57 Å². The number of hydrogen-bond donors (Lipinski definition) is 0. The summed E-state index contributed by atoms with van der Waals surface area (Å²) in [6.07, 6.45) is 0. The Bertz CT molecular complexity index is 898. The van der Waals surface area contributed by atoms with E-state index in [0.717, 1.165) is 10.6 Å². The molecule has 3 aromatic rings. The van der Waals surface area contributed by atoms with E-state index in [1.165, 1.54) is 0 Å². The molecule has 0 aliphatic rings. The summed E-state index contributed by atoms with van der Waals surface area (Å²) in [6.45, 7) is 3.80. The zero-order valence-electron chi connectivity index (χ0n) is 13.0. The maximum Gasteiger partial charge on any atom is 0.179 e. The molecule has 0 saturated heterocycles. The zero-order valence-corrected chi connectivity index (χ0v) is 14.7. The molecule has 0 saturated carbocycles. The first-order valence-corrected chi connectivity index (χ1v) is 9.63. The van der Waals surface area contributed by atoms with Crippen LogP contribution < -0.4 is 10.6 Å². The molecule has 0 bridgehead atoms. The lowest BCUT2D eigenvalue weighted by Crippen LogP contribution is -2.16. The highest BCUT2D eigenvalue weighted by Gasteiger charge is 2.33. The van der Waals surface area contributed by atoms with Gasteiger partial charge in [-0.15, -0.1) is 5.73 Å². The Morgan fingerprint density at radius 1 is 0.792 bits per heavy atom. The van der Waals surface area contributed by atoms with Crippen LogP contribution in [0.25, 0.3) is 5.31 Å². The van der Waals surface area contributed by atoms with E-state index in [1.807, 2.05) is 78.9 Å². The molecular weight excluding hydrogens is 335 g/mol. The molecule has 1 nitrogen and oxygen atoms in total. The lowest BCUT2D eigenvalue weighted by atomic mass is 10.2. The van der Waals surface area contributed by atoms with Crippen LogP contribution in [0.5, 0.6) is 0 Å². The summed E-state index contributed by atoms with van der Waals surface area (Å²) in [7, 11) is -3.12. The van der Waals surface area contributed by atoms with Gasteiger partial charge in [0.15, 0.2) is 7.14 Å². The Morgan fingerprint density at radius 3 is 1.71 bits per heavy atom. The molecule has 3 rings (SSSR count). The van der Waals surface area contributed by atoms with Crippen LogP contribution >= 0.6 is 18.7 Å². The number of benzene rings is 3. The van der Waals surface area contributed by atoms with Crippen molar-refractivity contribution in [2.45, 2.75) is 0 Å². The van der Waals surface area contributed by atoms with Crippen molar-refractivity contribution in [3.05, 3.63) is 108 Å². The molecule has 3 heteroatoms. The second kappa shape index (κ2) is 7.07. The van der Waals surface area contributed by atoms with Crippen molar-refractivity contribution in [3.8, 4) is 0 Å². The van der Waals surface area contributed by atoms with E-state index in [1.54, 1.807) is 6.07 Å². The number of halogens is 1. The number of hydrogen-bond acceptors (Lipinski definition) is 1. The molecule has 0 amide bonds. The van der Waals surface area contributed by atoms with Gasteiger partial charge in [-0.2, -0.15) is 0 Å².